The smallest absolute Gasteiger partial charge is 0.238 e. The second-order valence-electron chi connectivity index (χ2n) is 9.80. The standard InChI is InChI=1S/C26H36N4O/c1-25(2)20-10-5-7-12-22(20)30(23-13-8-6-11-21(23)25)17-9-16-29-18-14-26(15-19-29,24(27)31)28(3)4/h5-8,10-13H,9,14-19H2,1-4H3,(H2,27,31). The number of nitrogens with zero attached hydrogens (tertiary/aromatic N) is 3. The summed E-state index contributed by atoms with van der Waals surface area (Å²) in [5.41, 5.74) is 10.7. The van der Waals surface area contributed by atoms with Crippen LogP contribution >= 0.6 is 0 Å². The molecule has 166 valence electrons. The number of nitrogens with two attached hydrogens (primary N) is 1. The molecule has 0 saturated carbocycles. The Labute approximate surface area is 186 Å². The Balaban J connectivity index is 1.45. The lowest BCUT2D eigenvalue weighted by molar-refractivity contribution is -0.131. The number of para-hydroxylation sites is 2. The summed E-state index contributed by atoms with van der Waals surface area (Å²) in [4.78, 5) is 19.1. The number of primary amides is 1. The molecular weight excluding hydrogens is 384 g/mol. The normalized spacial score (nSPS) is 19.7. The highest BCUT2D eigenvalue weighted by atomic mass is 16.1. The Hall–Kier alpha value is -2.37. The molecule has 0 spiro atoms. The third-order valence-electron chi connectivity index (χ3n) is 7.59. The topological polar surface area (TPSA) is 52.8 Å². The van der Waals surface area contributed by atoms with E-state index in [-0.39, 0.29) is 11.3 Å². The quantitative estimate of drug-likeness (QED) is 0.774. The molecule has 2 N–H and O–H groups in total. The van der Waals surface area contributed by atoms with Gasteiger partial charge in [-0.3, -0.25) is 9.69 Å². The monoisotopic (exact) mass is 420 g/mol. The van der Waals surface area contributed by atoms with Crippen LogP contribution in [0.15, 0.2) is 48.5 Å². The number of carbonyl (C=O) groups is 1. The minimum atomic E-state index is -0.493. The zero-order chi connectivity index (χ0) is 22.2. The first kappa shape index (κ1) is 21.8. The highest BCUT2D eigenvalue weighted by Crippen LogP contribution is 2.48. The van der Waals surface area contributed by atoms with Gasteiger partial charge in [0.25, 0.3) is 0 Å². The predicted molar refractivity (Wildman–Crippen MR) is 128 cm³/mol. The number of piperidine rings is 1. The largest absolute Gasteiger partial charge is 0.368 e. The van der Waals surface area contributed by atoms with Gasteiger partial charge in [-0.25, -0.2) is 0 Å². The summed E-state index contributed by atoms with van der Waals surface area (Å²) >= 11 is 0. The number of likely N-dealkylation sites (tertiary alicyclic amines) is 1. The lowest BCUT2D eigenvalue weighted by Crippen LogP contribution is -2.60. The molecule has 0 radical (unpaired) electrons. The number of hydrogen-bond donors (Lipinski definition) is 1. The van der Waals surface area contributed by atoms with E-state index < -0.39 is 5.54 Å². The van der Waals surface area contributed by atoms with Crippen LogP contribution in [0.5, 0.6) is 0 Å². The molecule has 31 heavy (non-hydrogen) atoms. The van der Waals surface area contributed by atoms with Crippen molar-refractivity contribution in [2.24, 2.45) is 5.73 Å². The van der Waals surface area contributed by atoms with Gasteiger partial charge in [-0.15, -0.1) is 0 Å². The first-order valence-corrected chi connectivity index (χ1v) is 11.4. The van der Waals surface area contributed by atoms with E-state index in [0.29, 0.717) is 0 Å². The van der Waals surface area contributed by atoms with Gasteiger partial charge in [-0.05, 0) is 63.2 Å². The van der Waals surface area contributed by atoms with Crippen molar-refractivity contribution in [3.63, 3.8) is 0 Å². The minimum Gasteiger partial charge on any atom is -0.368 e. The van der Waals surface area contributed by atoms with Crippen LogP contribution in [0.1, 0.15) is 44.2 Å². The van der Waals surface area contributed by atoms with Gasteiger partial charge in [0, 0.05) is 36.4 Å². The number of hydrogen-bond acceptors (Lipinski definition) is 4. The van der Waals surface area contributed by atoms with Crippen molar-refractivity contribution >= 4 is 17.3 Å². The van der Waals surface area contributed by atoms with E-state index >= 15 is 0 Å². The summed E-state index contributed by atoms with van der Waals surface area (Å²) in [5, 5.41) is 0. The Morgan fingerprint density at radius 2 is 1.45 bits per heavy atom. The van der Waals surface area contributed by atoms with Crippen LogP contribution in [0.4, 0.5) is 11.4 Å². The van der Waals surface area contributed by atoms with Crippen molar-refractivity contribution in [3.8, 4) is 0 Å². The first-order chi connectivity index (χ1) is 14.8. The second kappa shape index (κ2) is 8.29. The number of carbonyl (C=O) groups excluding carboxylic acids is 1. The maximum atomic E-state index is 12.1. The van der Waals surface area contributed by atoms with Crippen molar-refractivity contribution in [2.75, 3.05) is 45.2 Å². The zero-order valence-corrected chi connectivity index (χ0v) is 19.4. The number of benzene rings is 2. The van der Waals surface area contributed by atoms with E-state index in [0.717, 1.165) is 45.4 Å². The lowest BCUT2D eigenvalue weighted by Gasteiger charge is -2.44. The molecule has 1 amide bonds. The van der Waals surface area contributed by atoms with Gasteiger partial charge in [-0.1, -0.05) is 50.2 Å². The Morgan fingerprint density at radius 1 is 0.935 bits per heavy atom. The van der Waals surface area contributed by atoms with Gasteiger partial charge in [0.15, 0.2) is 0 Å². The molecule has 1 saturated heterocycles. The van der Waals surface area contributed by atoms with E-state index in [1.54, 1.807) is 0 Å². The van der Waals surface area contributed by atoms with E-state index in [1.165, 1.54) is 22.5 Å². The fourth-order valence-electron chi connectivity index (χ4n) is 5.50. The van der Waals surface area contributed by atoms with Gasteiger partial charge in [-0.2, -0.15) is 0 Å². The average molecular weight is 421 g/mol. The summed E-state index contributed by atoms with van der Waals surface area (Å²) in [7, 11) is 3.93. The maximum absolute atomic E-state index is 12.1. The highest BCUT2D eigenvalue weighted by Gasteiger charge is 2.42. The molecule has 2 heterocycles. The van der Waals surface area contributed by atoms with Crippen molar-refractivity contribution in [3.05, 3.63) is 59.7 Å². The molecule has 0 atom stereocenters. The molecule has 0 aromatic heterocycles. The van der Waals surface area contributed by atoms with Crippen LogP contribution in [0.25, 0.3) is 0 Å². The molecule has 2 aliphatic rings. The predicted octanol–water partition coefficient (Wildman–Crippen LogP) is 3.74. The van der Waals surface area contributed by atoms with E-state index in [2.05, 4.69) is 72.2 Å². The van der Waals surface area contributed by atoms with Crippen molar-refractivity contribution < 1.29 is 4.79 Å². The third kappa shape index (κ3) is 3.74. The van der Waals surface area contributed by atoms with Crippen LogP contribution in [0.3, 0.4) is 0 Å². The van der Waals surface area contributed by atoms with Crippen LogP contribution in [-0.4, -0.2) is 61.5 Å². The molecule has 0 bridgehead atoms. The van der Waals surface area contributed by atoms with Gasteiger partial charge in [0.05, 0.1) is 0 Å². The van der Waals surface area contributed by atoms with Crippen molar-refractivity contribution in [2.45, 2.75) is 44.1 Å². The molecule has 1 fully saturated rings. The summed E-state index contributed by atoms with van der Waals surface area (Å²) in [6, 6.07) is 17.6. The number of rotatable bonds is 6. The SMILES string of the molecule is CN(C)C1(C(N)=O)CCN(CCCN2c3ccccc3C(C)(C)c3ccccc32)CC1. The van der Waals surface area contributed by atoms with Crippen LogP contribution in [-0.2, 0) is 10.2 Å². The molecule has 0 unspecified atom stereocenters. The zero-order valence-electron chi connectivity index (χ0n) is 19.4. The molecule has 0 aliphatic carbocycles. The van der Waals surface area contributed by atoms with Gasteiger partial charge >= 0.3 is 0 Å². The number of anilines is 2. The Bertz CT molecular complexity index is 894. The van der Waals surface area contributed by atoms with Gasteiger partial charge in [0.2, 0.25) is 5.91 Å². The van der Waals surface area contributed by atoms with Crippen molar-refractivity contribution in [1.82, 2.24) is 9.80 Å². The van der Waals surface area contributed by atoms with Gasteiger partial charge < -0.3 is 15.5 Å². The maximum Gasteiger partial charge on any atom is 0.238 e. The van der Waals surface area contributed by atoms with Crippen LogP contribution in [0.2, 0.25) is 0 Å². The fourth-order valence-corrected chi connectivity index (χ4v) is 5.50. The Kier molecular flexibility index (Phi) is 5.84. The molecular formula is C26H36N4O. The summed E-state index contributed by atoms with van der Waals surface area (Å²) in [5.74, 6) is -0.193. The first-order valence-electron chi connectivity index (χ1n) is 11.4. The van der Waals surface area contributed by atoms with Crippen LogP contribution < -0.4 is 10.6 Å². The Morgan fingerprint density at radius 3 is 1.94 bits per heavy atom. The van der Waals surface area contributed by atoms with Gasteiger partial charge in [0.1, 0.15) is 5.54 Å². The van der Waals surface area contributed by atoms with Crippen LogP contribution in [0, 0.1) is 0 Å². The highest BCUT2D eigenvalue weighted by molar-refractivity contribution is 5.84. The summed E-state index contributed by atoms with van der Waals surface area (Å²) < 4.78 is 0. The number of fused-ring (bicyclic) bond motifs is 2. The number of amides is 1. The van der Waals surface area contributed by atoms with E-state index in [1.807, 2.05) is 19.0 Å². The average Bonchev–Trinajstić information content (AvgIpc) is 2.76. The molecule has 5 nitrogen and oxygen atoms in total. The molecule has 2 aromatic carbocycles. The fraction of sp³-hybridized carbons (Fsp3) is 0.500. The summed E-state index contributed by atoms with van der Waals surface area (Å²) in [6.07, 6.45) is 2.69. The lowest BCUT2D eigenvalue weighted by atomic mass is 9.73. The van der Waals surface area contributed by atoms with E-state index in [9.17, 15) is 4.79 Å². The molecule has 2 aliphatic heterocycles. The minimum absolute atomic E-state index is 0.000821. The molecule has 5 heteroatoms. The summed E-state index contributed by atoms with van der Waals surface area (Å²) in [6.45, 7) is 8.50. The molecule has 4 rings (SSSR count). The van der Waals surface area contributed by atoms with E-state index in [4.69, 9.17) is 5.73 Å². The molecule has 2 aromatic rings. The second-order valence-corrected chi connectivity index (χ2v) is 9.80. The number of likely N-dealkylation sites (N-methyl/N-ethyl adjacent to an activating group) is 1. The van der Waals surface area contributed by atoms with Crippen molar-refractivity contribution in [1.29, 1.82) is 0 Å². The third-order valence-corrected chi connectivity index (χ3v) is 7.59.